The van der Waals surface area contributed by atoms with Crippen molar-refractivity contribution in [1.82, 2.24) is 20.3 Å². The number of nitrogens with two attached hydrogens (primary N) is 1. The van der Waals surface area contributed by atoms with Crippen molar-refractivity contribution in [1.29, 1.82) is 0 Å². The Morgan fingerprint density at radius 1 is 1.33 bits per heavy atom. The van der Waals surface area contributed by atoms with Crippen molar-refractivity contribution < 1.29 is 4.52 Å². The van der Waals surface area contributed by atoms with E-state index in [1.807, 2.05) is 20.1 Å². The molecule has 2 aromatic rings. The van der Waals surface area contributed by atoms with E-state index in [1.165, 1.54) is 11.8 Å². The van der Waals surface area contributed by atoms with Gasteiger partial charge in [-0.3, -0.25) is 0 Å². The molecule has 0 aromatic carbocycles. The summed E-state index contributed by atoms with van der Waals surface area (Å²) in [5, 5.41) is 11.9. The topological polar surface area (TPSA) is 90.7 Å². The lowest BCUT2D eigenvalue weighted by molar-refractivity contribution is 0.370. The highest BCUT2D eigenvalue weighted by molar-refractivity contribution is 8.02. The average Bonchev–Trinajstić information content (AvgIpc) is 2.94. The standard InChI is InChI=1S/C9H13N5OS3/c1-9(2,10)6-11-5(15-14-6)4-17-8-13-12-7(16-3)18-8/h4,10H2,1-3H3. The van der Waals surface area contributed by atoms with Crippen LogP contribution < -0.4 is 5.73 Å². The molecule has 0 saturated heterocycles. The summed E-state index contributed by atoms with van der Waals surface area (Å²) >= 11 is 4.66. The van der Waals surface area contributed by atoms with Crippen molar-refractivity contribution in [2.75, 3.05) is 6.26 Å². The molecule has 0 aliphatic heterocycles. The van der Waals surface area contributed by atoms with Crippen LogP contribution in [-0.4, -0.2) is 26.6 Å². The molecule has 0 amide bonds. The first-order valence-electron chi connectivity index (χ1n) is 5.11. The molecule has 0 spiro atoms. The first kappa shape index (κ1) is 13.8. The Bertz CT molecular complexity index is 518. The summed E-state index contributed by atoms with van der Waals surface area (Å²) in [6.07, 6.45) is 1.97. The van der Waals surface area contributed by atoms with E-state index in [0.29, 0.717) is 17.5 Å². The van der Waals surface area contributed by atoms with Gasteiger partial charge in [-0.1, -0.05) is 40.0 Å². The molecule has 98 valence electrons. The number of hydrogen-bond donors (Lipinski definition) is 1. The third-order valence-corrected chi connectivity index (χ3v) is 4.94. The van der Waals surface area contributed by atoms with Gasteiger partial charge in [0.1, 0.15) is 0 Å². The van der Waals surface area contributed by atoms with Gasteiger partial charge in [-0.05, 0) is 20.1 Å². The number of thioether (sulfide) groups is 2. The fourth-order valence-electron chi connectivity index (χ4n) is 1.04. The van der Waals surface area contributed by atoms with Crippen molar-refractivity contribution in [2.24, 2.45) is 5.73 Å². The predicted molar refractivity (Wildman–Crippen MR) is 72.8 cm³/mol. The van der Waals surface area contributed by atoms with Gasteiger partial charge in [-0.2, -0.15) is 4.98 Å². The Morgan fingerprint density at radius 2 is 2.06 bits per heavy atom. The highest BCUT2D eigenvalue weighted by atomic mass is 32.2. The zero-order valence-electron chi connectivity index (χ0n) is 10.2. The third kappa shape index (κ3) is 3.44. The summed E-state index contributed by atoms with van der Waals surface area (Å²) in [5.74, 6) is 1.64. The number of rotatable bonds is 5. The smallest absolute Gasteiger partial charge is 0.237 e. The summed E-state index contributed by atoms with van der Waals surface area (Å²) in [4.78, 5) is 4.25. The van der Waals surface area contributed by atoms with E-state index in [0.717, 1.165) is 8.68 Å². The van der Waals surface area contributed by atoms with Crippen LogP contribution >= 0.6 is 34.9 Å². The first-order chi connectivity index (χ1) is 8.49. The molecule has 2 heterocycles. The maximum Gasteiger partial charge on any atom is 0.237 e. The van der Waals surface area contributed by atoms with Crippen LogP contribution in [0.2, 0.25) is 0 Å². The van der Waals surface area contributed by atoms with Crippen molar-refractivity contribution in [3.05, 3.63) is 11.7 Å². The molecule has 0 bridgehead atoms. The van der Waals surface area contributed by atoms with E-state index in [9.17, 15) is 0 Å². The van der Waals surface area contributed by atoms with Crippen LogP contribution in [-0.2, 0) is 11.3 Å². The largest absolute Gasteiger partial charge is 0.338 e. The number of aromatic nitrogens is 4. The normalized spacial score (nSPS) is 12.0. The molecule has 0 aliphatic carbocycles. The lowest BCUT2D eigenvalue weighted by Gasteiger charge is -2.11. The molecule has 0 unspecified atom stereocenters. The van der Waals surface area contributed by atoms with Crippen molar-refractivity contribution in [2.45, 2.75) is 33.8 Å². The van der Waals surface area contributed by atoms with Gasteiger partial charge in [-0.25, -0.2) is 0 Å². The number of hydrogen-bond acceptors (Lipinski definition) is 9. The second kappa shape index (κ2) is 5.55. The van der Waals surface area contributed by atoms with E-state index >= 15 is 0 Å². The molecule has 2 rings (SSSR count). The molecule has 0 radical (unpaired) electrons. The molecule has 0 aliphatic rings. The molecule has 6 nitrogen and oxygen atoms in total. The lowest BCUT2D eigenvalue weighted by Crippen LogP contribution is -2.30. The summed E-state index contributed by atoms with van der Waals surface area (Å²) in [5.41, 5.74) is 5.30. The van der Waals surface area contributed by atoms with Crippen molar-refractivity contribution in [3.8, 4) is 0 Å². The van der Waals surface area contributed by atoms with Crippen LogP contribution in [0.3, 0.4) is 0 Å². The van der Waals surface area contributed by atoms with Crippen LogP contribution in [0.15, 0.2) is 13.2 Å². The van der Waals surface area contributed by atoms with Gasteiger partial charge in [-0.15, -0.1) is 10.2 Å². The Hall–Kier alpha value is -0.640. The van der Waals surface area contributed by atoms with Gasteiger partial charge in [0.2, 0.25) is 5.89 Å². The van der Waals surface area contributed by atoms with E-state index in [1.54, 1.807) is 23.1 Å². The molecule has 9 heteroatoms. The minimum absolute atomic E-state index is 0.514. The molecule has 2 aromatic heterocycles. The zero-order chi connectivity index (χ0) is 13.2. The fraction of sp³-hybridized carbons (Fsp3) is 0.556. The summed E-state index contributed by atoms with van der Waals surface area (Å²) in [6.45, 7) is 3.68. The second-order valence-electron chi connectivity index (χ2n) is 4.06. The third-order valence-electron chi connectivity index (χ3n) is 1.93. The van der Waals surface area contributed by atoms with Gasteiger partial charge in [0.05, 0.1) is 11.3 Å². The summed E-state index contributed by atoms with van der Waals surface area (Å²) in [7, 11) is 0. The SMILES string of the molecule is CSc1nnc(SCc2nc(C(C)(C)N)no2)s1. The van der Waals surface area contributed by atoms with Crippen LogP contribution in [0.5, 0.6) is 0 Å². The van der Waals surface area contributed by atoms with Gasteiger partial charge >= 0.3 is 0 Å². The molecule has 0 saturated carbocycles. The Kier molecular flexibility index (Phi) is 4.25. The molecule has 18 heavy (non-hydrogen) atoms. The Morgan fingerprint density at radius 3 is 2.61 bits per heavy atom. The molecule has 0 fully saturated rings. The van der Waals surface area contributed by atoms with E-state index < -0.39 is 5.54 Å². The minimum Gasteiger partial charge on any atom is -0.338 e. The van der Waals surface area contributed by atoms with Crippen molar-refractivity contribution in [3.63, 3.8) is 0 Å². The molecular weight excluding hydrogens is 290 g/mol. The molecular formula is C9H13N5OS3. The quantitative estimate of drug-likeness (QED) is 0.840. The van der Waals surface area contributed by atoms with E-state index in [2.05, 4.69) is 20.3 Å². The summed E-state index contributed by atoms with van der Waals surface area (Å²) in [6, 6.07) is 0. The maximum atomic E-state index is 5.88. The first-order valence-corrected chi connectivity index (χ1v) is 8.14. The van der Waals surface area contributed by atoms with E-state index in [-0.39, 0.29) is 0 Å². The Labute approximate surface area is 117 Å². The minimum atomic E-state index is -0.582. The number of nitrogens with zero attached hydrogens (tertiary/aromatic N) is 4. The van der Waals surface area contributed by atoms with Gasteiger partial charge in [0.25, 0.3) is 0 Å². The van der Waals surface area contributed by atoms with Gasteiger partial charge in [0, 0.05) is 0 Å². The highest BCUT2D eigenvalue weighted by Gasteiger charge is 2.21. The average molecular weight is 303 g/mol. The predicted octanol–water partition coefficient (Wildman–Crippen LogP) is 2.13. The van der Waals surface area contributed by atoms with Gasteiger partial charge < -0.3 is 10.3 Å². The van der Waals surface area contributed by atoms with Crippen LogP contribution in [0, 0.1) is 0 Å². The molecule has 2 N–H and O–H groups in total. The van der Waals surface area contributed by atoms with Crippen LogP contribution in [0.25, 0.3) is 0 Å². The van der Waals surface area contributed by atoms with Crippen LogP contribution in [0.4, 0.5) is 0 Å². The van der Waals surface area contributed by atoms with Crippen molar-refractivity contribution >= 4 is 34.9 Å². The monoisotopic (exact) mass is 303 g/mol. The highest BCUT2D eigenvalue weighted by Crippen LogP contribution is 2.29. The van der Waals surface area contributed by atoms with E-state index in [4.69, 9.17) is 10.3 Å². The fourth-order valence-corrected chi connectivity index (χ4v) is 3.31. The lowest BCUT2D eigenvalue weighted by atomic mass is 10.1. The molecule has 0 atom stereocenters. The second-order valence-corrected chi connectivity index (χ2v) is 7.31. The Balaban J connectivity index is 1.96. The summed E-state index contributed by atoms with van der Waals surface area (Å²) < 4.78 is 6.98. The van der Waals surface area contributed by atoms with Gasteiger partial charge in [0.15, 0.2) is 14.5 Å². The zero-order valence-corrected chi connectivity index (χ0v) is 12.7. The van der Waals surface area contributed by atoms with Crippen LogP contribution in [0.1, 0.15) is 25.6 Å². The maximum absolute atomic E-state index is 5.88.